The number of amides is 1. The number of hydrogen-bond acceptors (Lipinski definition) is 8. The van der Waals surface area contributed by atoms with Crippen LogP contribution >= 0.6 is 0 Å². The second-order valence-corrected chi connectivity index (χ2v) is 11.2. The number of rotatable bonds is 5. The normalized spacial score (nSPS) is 18.8. The SMILES string of the molecule is COc1ccc(N2C(=O)C(C)(C)CS2(=O)=O)cc1S(=O)(=O)Nc1ccc2c(c1)OCO2. The molecule has 2 aliphatic heterocycles. The first-order valence-electron chi connectivity index (χ1n) is 9.13. The molecule has 1 saturated heterocycles. The highest BCUT2D eigenvalue weighted by Crippen LogP contribution is 2.39. The van der Waals surface area contributed by atoms with Crippen LogP contribution in [0.25, 0.3) is 0 Å². The van der Waals surface area contributed by atoms with Gasteiger partial charge in [0.25, 0.3) is 10.0 Å². The molecule has 31 heavy (non-hydrogen) atoms. The van der Waals surface area contributed by atoms with Gasteiger partial charge in [0.2, 0.25) is 22.7 Å². The number of nitrogens with one attached hydrogen (secondary N) is 1. The number of sulfonamides is 2. The lowest BCUT2D eigenvalue weighted by atomic mass is 9.95. The highest BCUT2D eigenvalue weighted by molar-refractivity contribution is 7.94. The third-order valence-electron chi connectivity index (χ3n) is 4.88. The summed E-state index contributed by atoms with van der Waals surface area (Å²) in [5, 5.41) is 0. The van der Waals surface area contributed by atoms with Gasteiger partial charge in [-0.25, -0.2) is 21.1 Å². The van der Waals surface area contributed by atoms with E-state index >= 15 is 0 Å². The summed E-state index contributed by atoms with van der Waals surface area (Å²) >= 11 is 0. The Bertz CT molecular complexity index is 1290. The molecule has 0 aromatic heterocycles. The number of fused-ring (bicyclic) bond motifs is 1. The van der Waals surface area contributed by atoms with Gasteiger partial charge in [-0.2, -0.15) is 0 Å². The minimum atomic E-state index is -4.21. The summed E-state index contributed by atoms with van der Waals surface area (Å²) in [5.74, 6) is -0.146. The lowest BCUT2D eigenvalue weighted by molar-refractivity contribution is -0.123. The van der Waals surface area contributed by atoms with E-state index in [4.69, 9.17) is 14.2 Å². The molecule has 2 aromatic carbocycles. The van der Waals surface area contributed by atoms with E-state index in [0.29, 0.717) is 15.8 Å². The summed E-state index contributed by atoms with van der Waals surface area (Å²) in [7, 11) is -6.87. The first-order valence-corrected chi connectivity index (χ1v) is 12.2. The molecule has 166 valence electrons. The lowest BCUT2D eigenvalue weighted by Crippen LogP contribution is -2.33. The standard InChI is InChI=1S/C19H20N2O8S2/c1-19(2)10-30(23,24)21(18(19)22)13-5-7-15(27-3)17(9-13)31(25,26)20-12-4-6-14-16(8-12)29-11-28-14/h4-9,20H,10-11H2,1-3H3. The van der Waals surface area contributed by atoms with Crippen LogP contribution < -0.4 is 23.2 Å². The van der Waals surface area contributed by atoms with Crippen molar-refractivity contribution in [3.63, 3.8) is 0 Å². The highest BCUT2D eigenvalue weighted by atomic mass is 32.2. The Hall–Kier alpha value is -2.99. The first-order chi connectivity index (χ1) is 14.4. The third-order valence-corrected chi connectivity index (χ3v) is 8.30. The molecule has 10 nitrogen and oxygen atoms in total. The molecule has 1 amide bonds. The summed E-state index contributed by atoms with van der Waals surface area (Å²) in [6.45, 7) is 3.08. The quantitative estimate of drug-likeness (QED) is 0.705. The van der Waals surface area contributed by atoms with Crippen LogP contribution in [-0.2, 0) is 24.8 Å². The Balaban J connectivity index is 1.75. The molecular weight excluding hydrogens is 448 g/mol. The molecule has 0 unspecified atom stereocenters. The topological polar surface area (TPSA) is 128 Å². The molecule has 0 bridgehead atoms. The maximum absolute atomic E-state index is 13.1. The minimum absolute atomic E-state index is 0.0136. The van der Waals surface area contributed by atoms with Gasteiger partial charge >= 0.3 is 0 Å². The largest absolute Gasteiger partial charge is 0.495 e. The average molecular weight is 469 g/mol. The van der Waals surface area contributed by atoms with Gasteiger partial charge in [0.1, 0.15) is 10.6 Å². The van der Waals surface area contributed by atoms with Crippen molar-refractivity contribution in [1.82, 2.24) is 0 Å². The van der Waals surface area contributed by atoms with Crippen molar-refractivity contribution in [2.75, 3.05) is 28.7 Å². The van der Waals surface area contributed by atoms with Crippen LogP contribution in [0, 0.1) is 5.41 Å². The van der Waals surface area contributed by atoms with Crippen LogP contribution in [0.4, 0.5) is 11.4 Å². The molecule has 2 heterocycles. The van der Waals surface area contributed by atoms with Gasteiger partial charge in [-0.15, -0.1) is 0 Å². The number of anilines is 2. The molecule has 12 heteroatoms. The predicted octanol–water partition coefficient (Wildman–Crippen LogP) is 1.93. The molecule has 4 rings (SSSR count). The molecule has 0 aliphatic carbocycles. The maximum atomic E-state index is 13.1. The van der Waals surface area contributed by atoms with Gasteiger partial charge in [0, 0.05) is 6.07 Å². The second-order valence-electron chi connectivity index (χ2n) is 7.72. The van der Waals surface area contributed by atoms with Crippen molar-refractivity contribution in [1.29, 1.82) is 0 Å². The van der Waals surface area contributed by atoms with Crippen molar-refractivity contribution in [3.8, 4) is 17.2 Å². The summed E-state index contributed by atoms with van der Waals surface area (Å²) in [5.41, 5.74) is -0.993. The van der Waals surface area contributed by atoms with E-state index in [2.05, 4.69) is 4.72 Å². The van der Waals surface area contributed by atoms with E-state index in [1.165, 1.54) is 45.2 Å². The number of benzene rings is 2. The summed E-state index contributed by atoms with van der Waals surface area (Å²) in [6, 6.07) is 8.26. The lowest BCUT2D eigenvalue weighted by Gasteiger charge is -2.19. The van der Waals surface area contributed by atoms with Gasteiger partial charge in [0.15, 0.2) is 11.5 Å². The molecule has 0 radical (unpaired) electrons. The zero-order valence-corrected chi connectivity index (χ0v) is 18.5. The number of methoxy groups -OCH3 is 1. The molecule has 2 aliphatic rings. The van der Waals surface area contributed by atoms with Crippen LogP contribution in [-0.4, -0.2) is 42.4 Å². The third kappa shape index (κ3) is 3.65. The van der Waals surface area contributed by atoms with Crippen LogP contribution in [0.1, 0.15) is 13.8 Å². The number of carbonyl (C=O) groups is 1. The average Bonchev–Trinajstić information content (AvgIpc) is 3.20. The Morgan fingerprint density at radius 2 is 1.81 bits per heavy atom. The fourth-order valence-electron chi connectivity index (χ4n) is 3.43. The molecular formula is C19H20N2O8S2. The fraction of sp³-hybridized carbons (Fsp3) is 0.316. The summed E-state index contributed by atoms with van der Waals surface area (Å²) < 4.78 is 70.1. The van der Waals surface area contributed by atoms with Crippen LogP contribution in [0.3, 0.4) is 0 Å². The van der Waals surface area contributed by atoms with Crippen molar-refractivity contribution in [2.45, 2.75) is 18.7 Å². The number of ether oxygens (including phenoxy) is 3. The van der Waals surface area contributed by atoms with Crippen LogP contribution in [0.15, 0.2) is 41.3 Å². The highest BCUT2D eigenvalue weighted by Gasteiger charge is 2.50. The zero-order valence-electron chi connectivity index (χ0n) is 16.9. The van der Waals surface area contributed by atoms with E-state index < -0.39 is 31.4 Å². The van der Waals surface area contributed by atoms with Crippen molar-refractivity contribution < 1.29 is 35.8 Å². The smallest absolute Gasteiger partial charge is 0.265 e. The Morgan fingerprint density at radius 1 is 1.10 bits per heavy atom. The number of hydrogen-bond donors (Lipinski definition) is 1. The second kappa shape index (κ2) is 7.02. The first kappa shape index (κ1) is 21.2. The molecule has 2 aromatic rings. The van der Waals surface area contributed by atoms with Crippen molar-refractivity contribution in [2.24, 2.45) is 5.41 Å². The van der Waals surface area contributed by atoms with Gasteiger partial charge in [-0.1, -0.05) is 0 Å². The molecule has 1 N–H and O–H groups in total. The maximum Gasteiger partial charge on any atom is 0.265 e. The minimum Gasteiger partial charge on any atom is -0.495 e. The van der Waals surface area contributed by atoms with Crippen molar-refractivity contribution >= 4 is 37.3 Å². The molecule has 0 atom stereocenters. The van der Waals surface area contributed by atoms with Gasteiger partial charge in [0.05, 0.1) is 29.7 Å². The van der Waals surface area contributed by atoms with E-state index in [0.717, 1.165) is 6.07 Å². The summed E-state index contributed by atoms with van der Waals surface area (Å²) in [6.07, 6.45) is 0. The van der Waals surface area contributed by atoms with Crippen LogP contribution in [0.5, 0.6) is 17.2 Å². The van der Waals surface area contributed by atoms with E-state index in [9.17, 15) is 21.6 Å². The Morgan fingerprint density at radius 3 is 2.45 bits per heavy atom. The number of nitrogens with zero attached hydrogens (tertiary/aromatic N) is 1. The van der Waals surface area contributed by atoms with Crippen LogP contribution in [0.2, 0.25) is 0 Å². The molecule has 1 fully saturated rings. The van der Waals surface area contributed by atoms with Gasteiger partial charge in [-0.05, 0) is 44.2 Å². The van der Waals surface area contributed by atoms with Gasteiger partial charge < -0.3 is 14.2 Å². The van der Waals surface area contributed by atoms with E-state index in [1.54, 1.807) is 6.07 Å². The Kier molecular flexibility index (Phi) is 4.81. The van der Waals surface area contributed by atoms with Gasteiger partial charge in [-0.3, -0.25) is 9.52 Å². The number of carbonyl (C=O) groups excluding carboxylic acids is 1. The predicted molar refractivity (Wildman–Crippen MR) is 111 cm³/mol. The molecule has 0 saturated carbocycles. The molecule has 0 spiro atoms. The summed E-state index contributed by atoms with van der Waals surface area (Å²) in [4.78, 5) is 12.4. The zero-order chi connectivity index (χ0) is 22.6. The van der Waals surface area contributed by atoms with E-state index in [-0.39, 0.29) is 34.6 Å². The Labute approximate surface area is 179 Å². The van der Waals surface area contributed by atoms with Crippen molar-refractivity contribution in [3.05, 3.63) is 36.4 Å². The fourth-order valence-corrected chi connectivity index (χ4v) is 6.77. The monoisotopic (exact) mass is 468 g/mol. The van der Waals surface area contributed by atoms with E-state index in [1.807, 2.05) is 0 Å².